The zero-order chi connectivity index (χ0) is 9.42. The second kappa shape index (κ2) is 2.90. The fraction of sp³-hybridized carbons (Fsp3) is 0.111. The topological polar surface area (TPSA) is 60.7 Å². The molecule has 0 aliphatic rings. The van der Waals surface area contributed by atoms with Crippen LogP contribution in [0.3, 0.4) is 0 Å². The van der Waals surface area contributed by atoms with Crippen molar-refractivity contribution in [2.75, 3.05) is 0 Å². The van der Waals surface area contributed by atoms with Crippen LogP contribution in [-0.4, -0.2) is 15.3 Å². The van der Waals surface area contributed by atoms with Crippen molar-refractivity contribution in [2.45, 2.75) is 6.61 Å². The van der Waals surface area contributed by atoms with Gasteiger partial charge in [-0.2, -0.15) is 0 Å². The van der Waals surface area contributed by atoms with E-state index in [4.69, 9.17) is 10.2 Å². The summed E-state index contributed by atoms with van der Waals surface area (Å²) in [6, 6.07) is 4.79. The van der Waals surface area contributed by atoms with Gasteiger partial charge in [0.25, 0.3) is 0 Å². The van der Waals surface area contributed by atoms with Gasteiger partial charge in [0.05, 0.1) is 6.61 Å². The molecule has 4 heteroatoms. The minimum atomic E-state index is -0.184. The number of aliphatic hydroxyl groups is 1. The Morgan fingerprint density at radius 2 is 2.00 bits per heavy atom. The van der Waals surface area contributed by atoms with Crippen LogP contribution in [0.25, 0.3) is 10.1 Å². The van der Waals surface area contributed by atoms with Crippen molar-refractivity contribution < 1.29 is 15.3 Å². The number of aromatic hydroxyl groups is 2. The molecule has 0 radical (unpaired) electrons. The summed E-state index contributed by atoms with van der Waals surface area (Å²) in [5.41, 5.74) is 0.528. The first-order valence-corrected chi connectivity index (χ1v) is 4.58. The highest BCUT2D eigenvalue weighted by Crippen LogP contribution is 2.37. The van der Waals surface area contributed by atoms with E-state index in [1.54, 1.807) is 12.1 Å². The summed E-state index contributed by atoms with van der Waals surface area (Å²) in [4.78, 5) is 0. The molecule has 0 atom stereocenters. The zero-order valence-corrected chi connectivity index (χ0v) is 7.51. The Balaban J connectivity index is 2.79. The van der Waals surface area contributed by atoms with Gasteiger partial charge in [0.15, 0.2) is 5.06 Å². The van der Waals surface area contributed by atoms with Crippen molar-refractivity contribution in [3.8, 4) is 10.8 Å². The molecular formula is C9H8O3S. The molecule has 2 aromatic rings. The van der Waals surface area contributed by atoms with Crippen LogP contribution in [0.15, 0.2) is 18.2 Å². The maximum Gasteiger partial charge on any atom is 0.177 e. The molecule has 1 aromatic heterocycles. The Morgan fingerprint density at radius 1 is 1.23 bits per heavy atom. The summed E-state index contributed by atoms with van der Waals surface area (Å²) in [5, 5.41) is 28.4. The summed E-state index contributed by atoms with van der Waals surface area (Å²) in [5.74, 6) is 0.165. The van der Waals surface area contributed by atoms with E-state index >= 15 is 0 Å². The summed E-state index contributed by atoms with van der Waals surface area (Å²) in [7, 11) is 0. The molecule has 0 amide bonds. The monoisotopic (exact) mass is 196 g/mol. The van der Waals surface area contributed by atoms with Crippen LogP contribution >= 0.6 is 11.3 Å². The first kappa shape index (κ1) is 8.34. The smallest absolute Gasteiger partial charge is 0.177 e. The second-order valence-electron chi connectivity index (χ2n) is 2.72. The highest BCUT2D eigenvalue weighted by atomic mass is 32.1. The fourth-order valence-corrected chi connectivity index (χ4v) is 2.27. The normalized spacial score (nSPS) is 10.8. The van der Waals surface area contributed by atoms with Gasteiger partial charge in [-0.3, -0.25) is 0 Å². The predicted octanol–water partition coefficient (Wildman–Crippen LogP) is 1.80. The third-order valence-corrected chi connectivity index (χ3v) is 2.91. The molecule has 0 aliphatic heterocycles. The van der Waals surface area contributed by atoms with Crippen molar-refractivity contribution in [1.29, 1.82) is 0 Å². The Morgan fingerprint density at radius 3 is 2.69 bits per heavy atom. The van der Waals surface area contributed by atoms with E-state index in [1.165, 1.54) is 6.07 Å². The van der Waals surface area contributed by atoms with E-state index in [1.807, 2.05) is 0 Å². The summed E-state index contributed by atoms with van der Waals surface area (Å²) in [6.07, 6.45) is 0. The minimum Gasteiger partial charge on any atom is -0.508 e. The third kappa shape index (κ3) is 1.24. The van der Waals surface area contributed by atoms with Crippen LogP contribution in [0, 0.1) is 0 Å². The van der Waals surface area contributed by atoms with Crippen LogP contribution in [0.4, 0.5) is 0 Å². The van der Waals surface area contributed by atoms with Crippen molar-refractivity contribution >= 4 is 21.4 Å². The molecule has 0 spiro atoms. The molecule has 68 valence electrons. The van der Waals surface area contributed by atoms with Crippen molar-refractivity contribution in [3.05, 3.63) is 23.8 Å². The largest absolute Gasteiger partial charge is 0.508 e. The summed E-state index contributed by atoms with van der Waals surface area (Å²) in [6.45, 7) is -0.184. The van der Waals surface area contributed by atoms with E-state index in [-0.39, 0.29) is 17.4 Å². The van der Waals surface area contributed by atoms with Gasteiger partial charge in [0.1, 0.15) is 5.75 Å². The predicted molar refractivity (Wildman–Crippen MR) is 51.1 cm³/mol. The van der Waals surface area contributed by atoms with E-state index in [2.05, 4.69) is 0 Å². The molecule has 1 aromatic carbocycles. The molecule has 0 saturated carbocycles. The molecule has 0 saturated heterocycles. The molecule has 3 nitrogen and oxygen atoms in total. The minimum absolute atomic E-state index is 0.114. The Hall–Kier alpha value is -1.26. The average Bonchev–Trinajstić information content (AvgIpc) is 2.39. The Kier molecular flexibility index (Phi) is 1.86. The van der Waals surface area contributed by atoms with E-state index in [0.29, 0.717) is 5.56 Å². The average molecular weight is 196 g/mol. The number of hydrogen-bond donors (Lipinski definition) is 3. The van der Waals surface area contributed by atoms with Crippen LogP contribution < -0.4 is 0 Å². The highest BCUT2D eigenvalue weighted by molar-refractivity contribution is 7.20. The van der Waals surface area contributed by atoms with Gasteiger partial charge in [-0.05, 0) is 18.2 Å². The quantitative estimate of drug-likeness (QED) is 0.651. The number of aliphatic hydroxyl groups excluding tert-OH is 1. The van der Waals surface area contributed by atoms with Gasteiger partial charge in [0, 0.05) is 15.6 Å². The van der Waals surface area contributed by atoms with Gasteiger partial charge in [0.2, 0.25) is 0 Å². The number of fused-ring (bicyclic) bond motifs is 1. The molecule has 0 fully saturated rings. The Labute approximate surface area is 78.5 Å². The second-order valence-corrected chi connectivity index (χ2v) is 3.75. The maximum atomic E-state index is 9.40. The first-order chi connectivity index (χ1) is 6.22. The lowest BCUT2D eigenvalue weighted by Crippen LogP contribution is -1.79. The lowest BCUT2D eigenvalue weighted by Gasteiger charge is -1.94. The molecule has 13 heavy (non-hydrogen) atoms. The number of thiophene rings is 1. The fourth-order valence-electron chi connectivity index (χ4n) is 1.28. The first-order valence-electron chi connectivity index (χ1n) is 3.76. The standard InChI is InChI=1S/C9H8O3S/c10-4-7-6-2-1-5(11)3-8(6)13-9(7)12/h1-3,10-12H,4H2. The molecule has 3 N–H and O–H groups in total. The Bertz CT molecular complexity index is 447. The molecule has 1 heterocycles. The summed E-state index contributed by atoms with van der Waals surface area (Å²) >= 11 is 1.15. The van der Waals surface area contributed by atoms with Crippen LogP contribution in [0.5, 0.6) is 10.8 Å². The lowest BCUT2D eigenvalue weighted by molar-refractivity contribution is 0.278. The lowest BCUT2D eigenvalue weighted by atomic mass is 10.2. The number of phenols is 1. The van der Waals surface area contributed by atoms with Gasteiger partial charge in [-0.25, -0.2) is 0 Å². The van der Waals surface area contributed by atoms with E-state index < -0.39 is 0 Å². The maximum absolute atomic E-state index is 9.40. The van der Waals surface area contributed by atoms with Crippen molar-refractivity contribution in [2.24, 2.45) is 0 Å². The molecule has 0 bridgehead atoms. The molecule has 2 rings (SSSR count). The highest BCUT2D eigenvalue weighted by Gasteiger charge is 2.10. The van der Waals surface area contributed by atoms with E-state index in [0.717, 1.165) is 21.4 Å². The van der Waals surface area contributed by atoms with E-state index in [9.17, 15) is 5.11 Å². The van der Waals surface area contributed by atoms with Crippen LogP contribution in [0.1, 0.15) is 5.56 Å². The third-order valence-electron chi connectivity index (χ3n) is 1.91. The summed E-state index contributed by atoms with van der Waals surface area (Å²) < 4.78 is 0.779. The van der Waals surface area contributed by atoms with Gasteiger partial charge in [-0.1, -0.05) is 11.3 Å². The molecule has 0 unspecified atom stereocenters. The molecule has 0 aliphatic carbocycles. The number of hydrogen-bond acceptors (Lipinski definition) is 4. The van der Waals surface area contributed by atoms with Gasteiger partial charge < -0.3 is 15.3 Å². The number of phenolic OH excluding ortho intramolecular Hbond substituents is 1. The van der Waals surface area contributed by atoms with Gasteiger partial charge in [-0.15, -0.1) is 0 Å². The van der Waals surface area contributed by atoms with Crippen LogP contribution in [-0.2, 0) is 6.61 Å². The van der Waals surface area contributed by atoms with Crippen LogP contribution in [0.2, 0.25) is 0 Å². The SMILES string of the molecule is OCc1c(O)sc2cc(O)ccc12. The zero-order valence-electron chi connectivity index (χ0n) is 6.69. The van der Waals surface area contributed by atoms with Crippen molar-refractivity contribution in [1.82, 2.24) is 0 Å². The van der Waals surface area contributed by atoms with Crippen molar-refractivity contribution in [3.63, 3.8) is 0 Å². The van der Waals surface area contributed by atoms with Gasteiger partial charge >= 0.3 is 0 Å². The molecular weight excluding hydrogens is 188 g/mol. The number of rotatable bonds is 1. The number of benzene rings is 1.